The van der Waals surface area contributed by atoms with Gasteiger partial charge in [-0.05, 0) is 60.9 Å². The quantitative estimate of drug-likeness (QED) is 0.510. The molecule has 0 unspecified atom stereocenters. The number of amides is 3. The van der Waals surface area contributed by atoms with Crippen LogP contribution < -0.4 is 9.47 Å². The Balaban J connectivity index is 1.49. The first kappa shape index (κ1) is 24.2. The van der Waals surface area contributed by atoms with Crippen LogP contribution in [0, 0.1) is 0 Å². The second kappa shape index (κ2) is 10.5. The minimum atomic E-state index is -0.510. The molecule has 0 bridgehead atoms. The number of nitrogens with zero attached hydrogens (tertiary/aromatic N) is 2. The highest BCUT2D eigenvalue weighted by Crippen LogP contribution is 2.38. The molecule has 9 heteroatoms. The summed E-state index contributed by atoms with van der Waals surface area (Å²) in [4.78, 5) is 41.3. The third-order valence-electron chi connectivity index (χ3n) is 5.60. The van der Waals surface area contributed by atoms with Crippen molar-refractivity contribution in [3.63, 3.8) is 0 Å². The number of fused-ring (bicyclic) bond motifs is 1. The summed E-state index contributed by atoms with van der Waals surface area (Å²) in [7, 11) is 0. The molecule has 2 aromatic rings. The van der Waals surface area contributed by atoms with E-state index in [4.69, 9.17) is 21.1 Å². The van der Waals surface area contributed by atoms with Gasteiger partial charge >= 0.3 is 0 Å². The lowest BCUT2D eigenvalue weighted by Gasteiger charge is -2.29. The predicted molar refractivity (Wildman–Crippen MR) is 132 cm³/mol. The van der Waals surface area contributed by atoms with Gasteiger partial charge in [-0.1, -0.05) is 35.9 Å². The topological polar surface area (TPSA) is 76.2 Å². The van der Waals surface area contributed by atoms with Crippen molar-refractivity contribution in [1.82, 2.24) is 9.80 Å². The van der Waals surface area contributed by atoms with E-state index in [0.29, 0.717) is 48.4 Å². The molecule has 7 nitrogen and oxygen atoms in total. The highest BCUT2D eigenvalue weighted by atomic mass is 35.5. The Labute approximate surface area is 207 Å². The van der Waals surface area contributed by atoms with Gasteiger partial charge in [-0.15, -0.1) is 0 Å². The molecule has 0 saturated carbocycles. The van der Waals surface area contributed by atoms with Crippen molar-refractivity contribution < 1.29 is 23.9 Å². The summed E-state index contributed by atoms with van der Waals surface area (Å²) in [6.07, 6.45) is 2.30. The molecule has 1 fully saturated rings. The molecule has 34 heavy (non-hydrogen) atoms. The first-order valence-corrected chi connectivity index (χ1v) is 12.3. The molecule has 2 aliphatic rings. The van der Waals surface area contributed by atoms with Gasteiger partial charge in [-0.2, -0.15) is 0 Å². The molecule has 0 radical (unpaired) electrons. The average Bonchev–Trinajstić information content (AvgIpc) is 3.09. The number of hydrogen-bond donors (Lipinski definition) is 0. The van der Waals surface area contributed by atoms with Gasteiger partial charge in [0, 0.05) is 19.2 Å². The molecule has 2 aliphatic heterocycles. The van der Waals surface area contributed by atoms with E-state index in [1.807, 2.05) is 32.0 Å². The van der Waals surface area contributed by atoms with Crippen LogP contribution >= 0.6 is 23.4 Å². The molecule has 0 aromatic heterocycles. The lowest BCUT2D eigenvalue weighted by molar-refractivity contribution is -0.136. The summed E-state index contributed by atoms with van der Waals surface area (Å²) in [5.41, 5.74) is 2.84. The molecule has 3 amide bonds. The summed E-state index contributed by atoms with van der Waals surface area (Å²) in [6.45, 7) is 5.34. The van der Waals surface area contributed by atoms with Crippen LogP contribution in [0.1, 0.15) is 30.5 Å². The highest BCUT2D eigenvalue weighted by molar-refractivity contribution is 8.18. The van der Waals surface area contributed by atoms with E-state index in [2.05, 4.69) is 6.07 Å². The molecule has 0 N–H and O–H groups in total. The zero-order valence-corrected chi connectivity index (χ0v) is 20.6. The minimum absolute atomic E-state index is 0.204. The van der Waals surface area contributed by atoms with Crippen molar-refractivity contribution in [1.29, 1.82) is 0 Å². The Morgan fingerprint density at radius 2 is 1.76 bits per heavy atom. The first-order chi connectivity index (χ1) is 16.4. The van der Waals surface area contributed by atoms with Crippen molar-refractivity contribution in [3.05, 3.63) is 63.0 Å². The number of ether oxygens (including phenoxy) is 2. The van der Waals surface area contributed by atoms with E-state index in [-0.39, 0.29) is 17.4 Å². The maximum Gasteiger partial charge on any atom is 0.294 e. The number of benzene rings is 2. The van der Waals surface area contributed by atoms with Crippen LogP contribution in [0.25, 0.3) is 6.08 Å². The predicted octanol–water partition coefficient (Wildman–Crippen LogP) is 4.76. The number of carbonyl (C=O) groups excluding carboxylic acids is 3. The normalized spacial score (nSPS) is 16.7. The van der Waals surface area contributed by atoms with Crippen molar-refractivity contribution in [2.24, 2.45) is 0 Å². The van der Waals surface area contributed by atoms with E-state index in [0.717, 1.165) is 28.6 Å². The van der Waals surface area contributed by atoms with Gasteiger partial charge in [0.25, 0.3) is 11.1 Å². The summed E-state index contributed by atoms with van der Waals surface area (Å²) < 4.78 is 11.2. The molecule has 0 aliphatic carbocycles. The van der Waals surface area contributed by atoms with Crippen LogP contribution in [0.3, 0.4) is 0 Å². The van der Waals surface area contributed by atoms with Gasteiger partial charge in [-0.3, -0.25) is 19.3 Å². The van der Waals surface area contributed by atoms with Crippen molar-refractivity contribution in [2.75, 3.05) is 26.3 Å². The van der Waals surface area contributed by atoms with E-state index >= 15 is 0 Å². The molecule has 0 atom stereocenters. The maximum absolute atomic E-state index is 13.0. The van der Waals surface area contributed by atoms with Crippen LogP contribution in [-0.4, -0.2) is 53.2 Å². The first-order valence-electron chi connectivity index (χ1n) is 11.1. The number of hydrogen-bond acceptors (Lipinski definition) is 6. The molecule has 4 rings (SSSR count). The zero-order chi connectivity index (χ0) is 24.2. The summed E-state index contributed by atoms with van der Waals surface area (Å²) >= 11 is 7.20. The second-order valence-corrected chi connectivity index (χ2v) is 9.19. The Hall–Kier alpha value is -2.97. The van der Waals surface area contributed by atoms with E-state index in [1.165, 1.54) is 5.56 Å². The van der Waals surface area contributed by atoms with E-state index in [1.54, 1.807) is 23.1 Å². The van der Waals surface area contributed by atoms with E-state index in [9.17, 15) is 14.4 Å². The molecular formula is C25H25ClN2O5S. The molecule has 1 saturated heterocycles. The lowest BCUT2D eigenvalue weighted by Crippen LogP contribution is -2.44. The largest absolute Gasteiger partial charge is 0.490 e. The Bertz CT molecular complexity index is 1170. The molecule has 0 spiro atoms. The zero-order valence-electron chi connectivity index (χ0n) is 19.0. The van der Waals surface area contributed by atoms with Crippen LogP contribution in [0.2, 0.25) is 5.02 Å². The van der Waals surface area contributed by atoms with Gasteiger partial charge < -0.3 is 14.4 Å². The molecule has 2 aromatic carbocycles. The Morgan fingerprint density at radius 1 is 1.09 bits per heavy atom. The van der Waals surface area contributed by atoms with Crippen molar-refractivity contribution in [3.8, 4) is 11.5 Å². The molecule has 178 valence electrons. The maximum atomic E-state index is 13.0. The second-order valence-electron chi connectivity index (χ2n) is 7.79. The van der Waals surface area contributed by atoms with Crippen LogP contribution in [0.15, 0.2) is 41.3 Å². The Morgan fingerprint density at radius 3 is 2.47 bits per heavy atom. The standard InChI is InChI=1S/C25H25ClN2O5S/c1-3-32-20-11-18(19(26)13-21(20)33-4-2)12-22-24(30)28(25(31)34-22)15-23(29)27-10-9-16-7-5-6-8-17(16)14-27/h5-8,11-13H,3-4,9-10,14-15H2,1-2H3/b22-12-. The fraction of sp³-hybridized carbons (Fsp3) is 0.320. The fourth-order valence-corrected chi connectivity index (χ4v) is 4.96. The van der Waals surface area contributed by atoms with Gasteiger partial charge in [0.15, 0.2) is 11.5 Å². The third kappa shape index (κ3) is 5.08. The highest BCUT2D eigenvalue weighted by Gasteiger charge is 2.37. The lowest BCUT2D eigenvalue weighted by atomic mass is 10.00. The smallest absolute Gasteiger partial charge is 0.294 e. The SMILES string of the molecule is CCOc1cc(Cl)c(/C=C2\SC(=O)N(CC(=O)N3CCc4ccccc4C3)C2=O)cc1OCC. The van der Waals surface area contributed by atoms with Crippen LogP contribution in [-0.2, 0) is 22.6 Å². The molecule has 2 heterocycles. The van der Waals surface area contributed by atoms with Gasteiger partial charge in [-0.25, -0.2) is 0 Å². The minimum Gasteiger partial charge on any atom is -0.490 e. The average molecular weight is 501 g/mol. The number of thioether (sulfide) groups is 1. The number of carbonyl (C=O) groups is 3. The van der Waals surface area contributed by atoms with Gasteiger partial charge in [0.05, 0.1) is 23.1 Å². The third-order valence-corrected chi connectivity index (χ3v) is 6.83. The summed E-state index contributed by atoms with van der Waals surface area (Å²) in [6, 6.07) is 11.3. The number of halogens is 1. The monoisotopic (exact) mass is 500 g/mol. The van der Waals surface area contributed by atoms with Gasteiger partial charge in [0.1, 0.15) is 6.54 Å². The molecular weight excluding hydrogens is 476 g/mol. The summed E-state index contributed by atoms with van der Waals surface area (Å²) in [5.74, 6) is 0.243. The van der Waals surface area contributed by atoms with Crippen LogP contribution in [0.5, 0.6) is 11.5 Å². The van der Waals surface area contributed by atoms with E-state index < -0.39 is 11.1 Å². The summed E-state index contributed by atoms with van der Waals surface area (Å²) in [5, 5.41) is -0.115. The number of imide groups is 1. The Kier molecular flexibility index (Phi) is 7.48. The van der Waals surface area contributed by atoms with Crippen molar-refractivity contribution >= 4 is 46.5 Å². The fourth-order valence-electron chi connectivity index (χ4n) is 3.92. The number of rotatable bonds is 7. The van der Waals surface area contributed by atoms with Gasteiger partial charge in [0.2, 0.25) is 5.91 Å². The van der Waals surface area contributed by atoms with Crippen LogP contribution in [0.4, 0.5) is 4.79 Å². The van der Waals surface area contributed by atoms with Crippen molar-refractivity contribution in [2.45, 2.75) is 26.8 Å².